The first-order valence-electron chi connectivity index (χ1n) is 9.95. The molecule has 11 heteroatoms. The van der Waals surface area contributed by atoms with E-state index in [1.165, 1.54) is 70.0 Å². The van der Waals surface area contributed by atoms with Crippen molar-refractivity contribution in [1.82, 2.24) is 9.29 Å². The molecule has 4 rings (SSSR count). The van der Waals surface area contributed by atoms with Gasteiger partial charge < -0.3 is 9.64 Å². The summed E-state index contributed by atoms with van der Waals surface area (Å²) in [5, 5.41) is 0. The largest absolute Gasteiger partial charge is 0.457 e. The molecule has 2 aromatic carbocycles. The zero-order chi connectivity index (χ0) is 23.6. The Morgan fingerprint density at radius 2 is 1.42 bits per heavy atom. The summed E-state index contributed by atoms with van der Waals surface area (Å²) in [4.78, 5) is 5.34. The Balaban J connectivity index is 1.44. The van der Waals surface area contributed by atoms with Crippen molar-refractivity contribution in [3.8, 4) is 11.5 Å². The van der Waals surface area contributed by atoms with E-state index in [9.17, 15) is 26.0 Å². The highest BCUT2D eigenvalue weighted by atomic mass is 32.2. The van der Waals surface area contributed by atoms with Crippen molar-refractivity contribution in [1.29, 1.82) is 0 Å². The molecule has 0 N–H and O–H groups in total. The summed E-state index contributed by atoms with van der Waals surface area (Å²) in [6.45, 7) is 0.185. The number of hydrogen-bond acceptors (Lipinski definition) is 5. The topological polar surface area (TPSA) is 62.7 Å². The number of anilines is 1. The summed E-state index contributed by atoms with van der Waals surface area (Å²) in [7, 11) is -3.84. The van der Waals surface area contributed by atoms with E-state index in [0.29, 0.717) is 11.5 Å². The first-order chi connectivity index (χ1) is 15.6. The molecule has 1 saturated heterocycles. The fourth-order valence-corrected chi connectivity index (χ4v) is 4.90. The molecule has 2 heterocycles. The third-order valence-electron chi connectivity index (χ3n) is 5.14. The minimum atomic E-state index is -4.55. The summed E-state index contributed by atoms with van der Waals surface area (Å²) in [6, 6.07) is 13.3. The van der Waals surface area contributed by atoms with Crippen LogP contribution in [0.15, 0.2) is 71.8 Å². The van der Waals surface area contributed by atoms with Crippen molar-refractivity contribution in [2.24, 2.45) is 0 Å². The number of sulfonamides is 1. The Morgan fingerprint density at radius 3 is 2.00 bits per heavy atom. The van der Waals surface area contributed by atoms with Gasteiger partial charge >= 0.3 is 6.18 Å². The molecule has 0 unspecified atom stereocenters. The third kappa shape index (κ3) is 5.09. The maximum absolute atomic E-state index is 13.3. The van der Waals surface area contributed by atoms with E-state index in [0.717, 1.165) is 6.07 Å². The van der Waals surface area contributed by atoms with Gasteiger partial charge in [-0.1, -0.05) is 0 Å². The van der Waals surface area contributed by atoms with E-state index in [4.69, 9.17) is 4.74 Å². The average Bonchev–Trinajstić information content (AvgIpc) is 2.80. The Hall–Kier alpha value is -3.18. The molecule has 0 aliphatic carbocycles. The zero-order valence-corrected chi connectivity index (χ0v) is 18.0. The van der Waals surface area contributed by atoms with Crippen molar-refractivity contribution < 1.29 is 30.7 Å². The molecule has 3 aromatic rings. The molecule has 33 heavy (non-hydrogen) atoms. The number of ether oxygens (including phenoxy) is 1. The normalized spacial score (nSPS) is 15.5. The van der Waals surface area contributed by atoms with E-state index in [-0.39, 0.29) is 36.9 Å². The van der Waals surface area contributed by atoms with Crippen molar-refractivity contribution in [3.63, 3.8) is 0 Å². The van der Waals surface area contributed by atoms with Gasteiger partial charge in [0, 0.05) is 32.4 Å². The molecule has 1 aliphatic rings. The van der Waals surface area contributed by atoms with E-state index >= 15 is 0 Å². The number of hydrogen-bond donors (Lipinski definition) is 0. The highest BCUT2D eigenvalue weighted by molar-refractivity contribution is 7.89. The third-order valence-corrected chi connectivity index (χ3v) is 7.05. The van der Waals surface area contributed by atoms with Crippen LogP contribution in [0.4, 0.5) is 23.4 Å². The maximum atomic E-state index is 13.3. The minimum absolute atomic E-state index is 0.0179. The van der Waals surface area contributed by atoms with Crippen molar-refractivity contribution in [2.45, 2.75) is 11.1 Å². The van der Waals surface area contributed by atoms with Gasteiger partial charge in [-0.05, 0) is 60.7 Å². The van der Waals surface area contributed by atoms with Gasteiger partial charge in [0.2, 0.25) is 10.0 Å². The average molecular weight is 481 g/mol. The van der Waals surface area contributed by atoms with Crippen LogP contribution >= 0.6 is 0 Å². The lowest BCUT2D eigenvalue weighted by atomic mass is 10.2. The van der Waals surface area contributed by atoms with E-state index in [1.807, 2.05) is 0 Å². The predicted molar refractivity (Wildman–Crippen MR) is 113 cm³/mol. The lowest BCUT2D eigenvalue weighted by Gasteiger charge is -2.35. The molecule has 1 aromatic heterocycles. The smallest absolute Gasteiger partial charge is 0.419 e. The molecule has 0 radical (unpaired) electrons. The lowest BCUT2D eigenvalue weighted by molar-refractivity contribution is -0.137. The maximum Gasteiger partial charge on any atom is 0.419 e. The van der Waals surface area contributed by atoms with Crippen LogP contribution in [0.1, 0.15) is 5.56 Å². The van der Waals surface area contributed by atoms with Crippen LogP contribution in [-0.4, -0.2) is 43.9 Å². The van der Waals surface area contributed by atoms with Crippen LogP contribution in [0, 0.1) is 5.82 Å². The second-order valence-electron chi connectivity index (χ2n) is 7.29. The quantitative estimate of drug-likeness (QED) is 0.501. The zero-order valence-electron chi connectivity index (χ0n) is 17.2. The standard InChI is InChI=1S/C22H19F4N3O3S/c23-16-3-5-17(6-4-16)32-18-7-9-19(10-8-18)33(30,31)29-14-12-28(13-15-29)21-20(22(24,25)26)2-1-11-27-21/h1-11H,12-15H2. The summed E-state index contributed by atoms with van der Waals surface area (Å²) in [5.74, 6) is 0.169. The molecule has 1 aliphatic heterocycles. The number of benzene rings is 2. The second-order valence-corrected chi connectivity index (χ2v) is 9.23. The SMILES string of the molecule is O=S(=O)(c1ccc(Oc2ccc(F)cc2)cc1)N1CCN(c2ncccc2C(F)(F)F)CC1. The van der Waals surface area contributed by atoms with Crippen LogP contribution < -0.4 is 9.64 Å². The number of halogens is 4. The van der Waals surface area contributed by atoms with Gasteiger partial charge in [0.25, 0.3) is 0 Å². The van der Waals surface area contributed by atoms with Crippen LogP contribution in [0.3, 0.4) is 0 Å². The minimum Gasteiger partial charge on any atom is -0.457 e. The Morgan fingerprint density at radius 1 is 0.848 bits per heavy atom. The van der Waals surface area contributed by atoms with Gasteiger partial charge in [0.15, 0.2) is 0 Å². The number of piperazine rings is 1. The van der Waals surface area contributed by atoms with Crippen LogP contribution in [0.25, 0.3) is 0 Å². The Bertz CT molecular complexity index is 1210. The number of nitrogens with zero attached hydrogens (tertiary/aromatic N) is 3. The monoisotopic (exact) mass is 481 g/mol. The summed E-state index contributed by atoms with van der Waals surface area (Å²) in [6.07, 6.45) is -3.27. The van der Waals surface area contributed by atoms with Gasteiger partial charge in [-0.3, -0.25) is 0 Å². The van der Waals surface area contributed by atoms with Gasteiger partial charge in [0.1, 0.15) is 23.1 Å². The predicted octanol–water partition coefficient (Wildman–Crippen LogP) is 4.54. The van der Waals surface area contributed by atoms with E-state index in [2.05, 4.69) is 4.98 Å². The van der Waals surface area contributed by atoms with Gasteiger partial charge in [-0.15, -0.1) is 0 Å². The fraction of sp³-hybridized carbons (Fsp3) is 0.227. The van der Waals surface area contributed by atoms with Crippen LogP contribution in [0.5, 0.6) is 11.5 Å². The highest BCUT2D eigenvalue weighted by Gasteiger charge is 2.37. The second kappa shape index (κ2) is 8.99. The molecule has 0 saturated carbocycles. The lowest BCUT2D eigenvalue weighted by Crippen LogP contribution is -2.49. The fourth-order valence-electron chi connectivity index (χ4n) is 3.48. The first kappa shape index (κ1) is 23.0. The number of pyridine rings is 1. The number of aromatic nitrogens is 1. The molecule has 174 valence electrons. The van der Waals surface area contributed by atoms with Crippen molar-refractivity contribution >= 4 is 15.8 Å². The Kier molecular flexibility index (Phi) is 6.26. The first-order valence-corrected chi connectivity index (χ1v) is 11.4. The Labute approximate surface area is 188 Å². The highest BCUT2D eigenvalue weighted by Crippen LogP contribution is 2.35. The van der Waals surface area contributed by atoms with Crippen molar-refractivity contribution in [3.05, 3.63) is 78.2 Å². The molecule has 1 fully saturated rings. The molecule has 0 bridgehead atoms. The van der Waals surface area contributed by atoms with Gasteiger partial charge in [-0.25, -0.2) is 17.8 Å². The summed E-state index contributed by atoms with van der Waals surface area (Å²) < 4.78 is 85.6. The number of rotatable bonds is 5. The van der Waals surface area contributed by atoms with E-state index in [1.54, 1.807) is 0 Å². The van der Waals surface area contributed by atoms with Crippen LogP contribution in [0.2, 0.25) is 0 Å². The van der Waals surface area contributed by atoms with Crippen LogP contribution in [-0.2, 0) is 16.2 Å². The molecular weight excluding hydrogens is 462 g/mol. The molecular formula is C22H19F4N3O3S. The molecule has 0 atom stereocenters. The van der Waals surface area contributed by atoms with Gasteiger partial charge in [-0.2, -0.15) is 17.5 Å². The molecule has 6 nitrogen and oxygen atoms in total. The van der Waals surface area contributed by atoms with E-state index < -0.39 is 27.6 Å². The molecule has 0 spiro atoms. The summed E-state index contributed by atoms with van der Waals surface area (Å²) >= 11 is 0. The van der Waals surface area contributed by atoms with Crippen molar-refractivity contribution in [2.75, 3.05) is 31.1 Å². The number of alkyl halides is 3. The molecule has 0 amide bonds. The van der Waals surface area contributed by atoms with Gasteiger partial charge in [0.05, 0.1) is 10.5 Å². The summed E-state index contributed by atoms with van der Waals surface area (Å²) in [5.41, 5.74) is -0.849.